The Balaban J connectivity index is 2.83. The Bertz CT molecular complexity index is 437. The molecule has 0 aromatic heterocycles. The lowest BCUT2D eigenvalue weighted by atomic mass is 9.90. The summed E-state index contributed by atoms with van der Waals surface area (Å²) in [5.41, 5.74) is 1.02. The topological polar surface area (TPSA) is 55.2 Å². The smallest absolute Gasteiger partial charge is 0.270 e. The van der Waals surface area contributed by atoms with Crippen LogP contribution >= 0.6 is 11.6 Å². The van der Waals surface area contributed by atoms with E-state index >= 15 is 0 Å². The minimum absolute atomic E-state index is 0.0431. The number of hydrogen-bond acceptors (Lipinski definition) is 3. The molecule has 19 heavy (non-hydrogen) atoms. The Morgan fingerprint density at radius 2 is 2.11 bits per heavy atom. The summed E-state index contributed by atoms with van der Waals surface area (Å²) in [5, 5.41) is 14.6. The van der Waals surface area contributed by atoms with E-state index in [9.17, 15) is 10.1 Å². The summed E-state index contributed by atoms with van der Waals surface area (Å²) < 4.78 is 0. The van der Waals surface area contributed by atoms with Gasteiger partial charge in [0.05, 0.1) is 9.95 Å². The van der Waals surface area contributed by atoms with Crippen LogP contribution in [0.5, 0.6) is 0 Å². The number of nitrogens with zero attached hydrogens (tertiary/aromatic N) is 1. The number of nitro benzene ring substituents is 1. The molecule has 0 spiro atoms. The van der Waals surface area contributed by atoms with Crippen LogP contribution in [0.4, 0.5) is 5.69 Å². The zero-order valence-corrected chi connectivity index (χ0v) is 12.4. The fraction of sp³-hybridized carbons (Fsp3) is 0.571. The molecular weight excluding hydrogens is 264 g/mol. The van der Waals surface area contributed by atoms with Crippen LogP contribution in [-0.4, -0.2) is 17.5 Å². The number of hydrogen-bond donors (Lipinski definition) is 1. The first-order valence-corrected chi connectivity index (χ1v) is 7.03. The van der Waals surface area contributed by atoms with E-state index in [4.69, 9.17) is 11.6 Å². The Morgan fingerprint density at radius 1 is 1.42 bits per heavy atom. The van der Waals surface area contributed by atoms with Crippen molar-refractivity contribution in [1.29, 1.82) is 0 Å². The molecule has 1 rings (SSSR count). The first-order valence-electron chi connectivity index (χ1n) is 6.65. The normalized spacial score (nSPS) is 14.1. The fourth-order valence-corrected chi connectivity index (χ4v) is 2.51. The lowest BCUT2D eigenvalue weighted by Crippen LogP contribution is -2.34. The van der Waals surface area contributed by atoms with Crippen LogP contribution < -0.4 is 5.32 Å². The van der Waals surface area contributed by atoms with Crippen LogP contribution in [0.2, 0.25) is 5.02 Å². The Hall–Kier alpha value is -1.13. The zero-order chi connectivity index (χ0) is 14.4. The molecule has 0 aliphatic carbocycles. The molecule has 0 bridgehead atoms. The van der Waals surface area contributed by atoms with E-state index in [1.165, 1.54) is 12.1 Å². The monoisotopic (exact) mass is 284 g/mol. The van der Waals surface area contributed by atoms with E-state index in [1.807, 2.05) is 0 Å². The summed E-state index contributed by atoms with van der Waals surface area (Å²) >= 11 is 6.13. The highest BCUT2D eigenvalue weighted by Crippen LogP contribution is 2.26. The van der Waals surface area contributed by atoms with Crippen LogP contribution in [0.1, 0.15) is 32.8 Å². The summed E-state index contributed by atoms with van der Waals surface area (Å²) in [6, 6.07) is 5.12. The van der Waals surface area contributed by atoms with Crippen molar-refractivity contribution in [3.05, 3.63) is 38.9 Å². The maximum Gasteiger partial charge on any atom is 0.270 e. The molecule has 0 saturated heterocycles. The molecule has 106 valence electrons. The molecule has 2 unspecified atom stereocenters. The highest BCUT2D eigenvalue weighted by Gasteiger charge is 2.17. The van der Waals surface area contributed by atoms with Crippen LogP contribution in [0.3, 0.4) is 0 Å². The molecule has 4 nitrogen and oxygen atoms in total. The Kier molecular flexibility index (Phi) is 6.25. The molecule has 1 N–H and O–H groups in total. The van der Waals surface area contributed by atoms with Crippen LogP contribution in [0.15, 0.2) is 18.2 Å². The second kappa shape index (κ2) is 7.46. The van der Waals surface area contributed by atoms with Gasteiger partial charge in [0.25, 0.3) is 5.69 Å². The van der Waals surface area contributed by atoms with Gasteiger partial charge in [-0.1, -0.05) is 37.9 Å². The molecular formula is C14H21ClN2O2. The van der Waals surface area contributed by atoms with E-state index in [1.54, 1.807) is 6.07 Å². The first-order chi connectivity index (χ1) is 8.99. The maximum atomic E-state index is 10.7. The first kappa shape index (κ1) is 15.9. The minimum atomic E-state index is -0.422. The van der Waals surface area contributed by atoms with Gasteiger partial charge in [0.1, 0.15) is 0 Å². The van der Waals surface area contributed by atoms with E-state index < -0.39 is 4.92 Å². The van der Waals surface area contributed by atoms with Crippen molar-refractivity contribution in [2.45, 2.75) is 39.7 Å². The van der Waals surface area contributed by atoms with E-state index in [0.717, 1.165) is 24.9 Å². The number of nitrogens with one attached hydrogen (secondary N) is 1. The molecule has 2 atom stereocenters. The van der Waals surface area contributed by atoms with Crippen LogP contribution in [0, 0.1) is 16.0 Å². The molecule has 0 aliphatic heterocycles. The lowest BCUT2D eigenvalue weighted by molar-refractivity contribution is -0.384. The molecule has 0 amide bonds. The third kappa shape index (κ3) is 4.48. The lowest BCUT2D eigenvalue weighted by Gasteiger charge is -2.23. The second-order valence-electron chi connectivity index (χ2n) is 4.75. The van der Waals surface area contributed by atoms with E-state index in [0.29, 0.717) is 17.0 Å². The Labute approximate surface area is 119 Å². The van der Waals surface area contributed by atoms with Crippen molar-refractivity contribution in [3.8, 4) is 0 Å². The largest absolute Gasteiger partial charge is 0.314 e. The van der Waals surface area contributed by atoms with Gasteiger partial charge in [0, 0.05) is 18.2 Å². The molecule has 0 fully saturated rings. The Morgan fingerprint density at radius 3 is 2.58 bits per heavy atom. The highest BCUT2D eigenvalue weighted by molar-refractivity contribution is 6.31. The molecule has 0 saturated carbocycles. The van der Waals surface area contributed by atoms with Gasteiger partial charge in [-0.15, -0.1) is 0 Å². The van der Waals surface area contributed by atoms with Crippen molar-refractivity contribution >= 4 is 17.3 Å². The number of nitro groups is 1. The summed E-state index contributed by atoms with van der Waals surface area (Å²) in [7, 11) is 0. The third-order valence-corrected chi connectivity index (χ3v) is 3.84. The van der Waals surface area contributed by atoms with Gasteiger partial charge in [-0.2, -0.15) is 0 Å². The minimum Gasteiger partial charge on any atom is -0.314 e. The molecule has 0 heterocycles. The average Bonchev–Trinajstić information content (AvgIpc) is 2.37. The summed E-state index contributed by atoms with van der Waals surface area (Å²) in [6.07, 6.45) is 1.88. The maximum absolute atomic E-state index is 10.7. The van der Waals surface area contributed by atoms with Gasteiger partial charge < -0.3 is 5.32 Å². The van der Waals surface area contributed by atoms with Gasteiger partial charge in [-0.05, 0) is 31.4 Å². The van der Waals surface area contributed by atoms with E-state index in [2.05, 4.69) is 26.1 Å². The molecule has 1 aromatic rings. The SMILES string of the molecule is CCNC(C)C(CC)Cc1ccc([N+](=O)[O-])cc1Cl. The van der Waals surface area contributed by atoms with Crippen molar-refractivity contribution in [3.63, 3.8) is 0 Å². The predicted molar refractivity (Wildman–Crippen MR) is 78.7 cm³/mol. The summed E-state index contributed by atoms with van der Waals surface area (Å²) in [6.45, 7) is 7.34. The number of rotatable bonds is 7. The van der Waals surface area contributed by atoms with Crippen molar-refractivity contribution in [1.82, 2.24) is 5.32 Å². The fourth-order valence-electron chi connectivity index (χ4n) is 2.26. The predicted octanol–water partition coefficient (Wildman–Crippen LogP) is 3.81. The average molecular weight is 285 g/mol. The third-order valence-electron chi connectivity index (χ3n) is 3.49. The number of halogens is 1. The quantitative estimate of drug-likeness (QED) is 0.612. The van der Waals surface area contributed by atoms with Crippen molar-refractivity contribution in [2.75, 3.05) is 6.54 Å². The van der Waals surface area contributed by atoms with Gasteiger partial charge in [-0.3, -0.25) is 10.1 Å². The van der Waals surface area contributed by atoms with Crippen LogP contribution in [-0.2, 0) is 6.42 Å². The second-order valence-corrected chi connectivity index (χ2v) is 5.16. The van der Waals surface area contributed by atoms with Gasteiger partial charge in [0.15, 0.2) is 0 Å². The molecule has 5 heteroatoms. The standard InChI is InChI=1S/C14H21ClN2O2/c1-4-11(10(3)16-5-2)8-12-6-7-13(17(18)19)9-14(12)15/h6-7,9-11,16H,4-5,8H2,1-3H3. The van der Waals surface area contributed by atoms with Crippen molar-refractivity contribution in [2.24, 2.45) is 5.92 Å². The summed E-state index contributed by atoms with van der Waals surface area (Å²) in [5.74, 6) is 0.471. The molecule has 1 aromatic carbocycles. The number of non-ortho nitro benzene ring substituents is 1. The molecule has 0 radical (unpaired) electrons. The number of benzene rings is 1. The van der Waals surface area contributed by atoms with Gasteiger partial charge in [-0.25, -0.2) is 0 Å². The molecule has 0 aliphatic rings. The van der Waals surface area contributed by atoms with Gasteiger partial charge in [0.2, 0.25) is 0 Å². The highest BCUT2D eigenvalue weighted by atomic mass is 35.5. The van der Waals surface area contributed by atoms with E-state index in [-0.39, 0.29) is 5.69 Å². The van der Waals surface area contributed by atoms with Gasteiger partial charge >= 0.3 is 0 Å². The van der Waals surface area contributed by atoms with Crippen LogP contribution in [0.25, 0.3) is 0 Å². The zero-order valence-electron chi connectivity index (χ0n) is 11.6. The summed E-state index contributed by atoms with van der Waals surface area (Å²) in [4.78, 5) is 10.3. The van der Waals surface area contributed by atoms with Crippen molar-refractivity contribution < 1.29 is 4.92 Å².